The van der Waals surface area contributed by atoms with Crippen molar-refractivity contribution in [2.24, 2.45) is 17.8 Å². The number of allylic oxidation sites excluding steroid dienone is 1. The highest BCUT2D eigenvalue weighted by Gasteiger charge is 2.55. The van der Waals surface area contributed by atoms with Crippen molar-refractivity contribution in [1.29, 1.82) is 0 Å². The van der Waals surface area contributed by atoms with Gasteiger partial charge >= 0.3 is 0 Å². The van der Waals surface area contributed by atoms with E-state index in [2.05, 4.69) is 35.5 Å². The molecule has 0 radical (unpaired) electrons. The fourth-order valence-electron chi connectivity index (χ4n) is 5.53. The van der Waals surface area contributed by atoms with Crippen LogP contribution in [0.15, 0.2) is 42.0 Å². The van der Waals surface area contributed by atoms with Crippen LogP contribution < -0.4 is 10.6 Å². The second-order valence-corrected chi connectivity index (χ2v) is 9.71. The van der Waals surface area contributed by atoms with Crippen molar-refractivity contribution in [2.75, 3.05) is 26.3 Å². The molecule has 4 atom stereocenters. The standard InChI is InChI=1S/C25H37N3O2/c1-18(2)13-14-28-15-21-22(16-28)23(21)26-17-27-24(29)25(30,19-9-5-3-6-10-19)20-11-7-4-8-12-20/h3,5-6,9-10,13,20-23,26,30H,4,7-8,11-12,14-17H2,1-2H3,(H,27,29)/t21-,22+,23?,25?. The molecular weight excluding hydrogens is 374 g/mol. The zero-order valence-electron chi connectivity index (χ0n) is 18.4. The first kappa shape index (κ1) is 21.5. The molecule has 5 heteroatoms. The highest BCUT2D eigenvalue weighted by Crippen LogP contribution is 2.45. The van der Waals surface area contributed by atoms with Crippen LogP contribution in [0.1, 0.15) is 51.5 Å². The SMILES string of the molecule is CC(C)=CCN1C[C@@H]2C(NCNC(=O)C(O)(c3ccccc3)C3CCCCC3)[C@@H]2C1. The van der Waals surface area contributed by atoms with E-state index in [1.54, 1.807) is 0 Å². The summed E-state index contributed by atoms with van der Waals surface area (Å²) >= 11 is 0. The van der Waals surface area contributed by atoms with Gasteiger partial charge in [-0.3, -0.25) is 15.0 Å². The number of carbonyl (C=O) groups is 1. The second kappa shape index (κ2) is 9.21. The van der Waals surface area contributed by atoms with Crippen LogP contribution >= 0.6 is 0 Å². The third-order valence-electron chi connectivity index (χ3n) is 7.37. The van der Waals surface area contributed by atoms with Crippen LogP contribution in [0.2, 0.25) is 0 Å². The molecule has 30 heavy (non-hydrogen) atoms. The predicted molar refractivity (Wildman–Crippen MR) is 120 cm³/mol. The molecule has 4 rings (SSSR count). The lowest BCUT2D eigenvalue weighted by Gasteiger charge is -2.37. The summed E-state index contributed by atoms with van der Waals surface area (Å²) in [5, 5.41) is 18.1. The van der Waals surface area contributed by atoms with Crippen LogP contribution in [-0.2, 0) is 10.4 Å². The third kappa shape index (κ3) is 4.48. The fourth-order valence-corrected chi connectivity index (χ4v) is 5.53. The first-order valence-corrected chi connectivity index (χ1v) is 11.7. The normalized spacial score (nSPS) is 28.4. The molecule has 1 saturated heterocycles. The van der Waals surface area contributed by atoms with E-state index in [1.165, 1.54) is 12.0 Å². The zero-order chi connectivity index (χ0) is 21.1. The quantitative estimate of drug-likeness (QED) is 0.455. The van der Waals surface area contributed by atoms with Gasteiger partial charge in [-0.2, -0.15) is 0 Å². The van der Waals surface area contributed by atoms with Gasteiger partial charge in [0.15, 0.2) is 5.60 Å². The van der Waals surface area contributed by atoms with Crippen molar-refractivity contribution >= 4 is 5.91 Å². The van der Waals surface area contributed by atoms with Crippen molar-refractivity contribution in [2.45, 2.75) is 57.6 Å². The summed E-state index contributed by atoms with van der Waals surface area (Å²) < 4.78 is 0. The molecule has 5 nitrogen and oxygen atoms in total. The van der Waals surface area contributed by atoms with Gasteiger partial charge in [0.1, 0.15) is 0 Å². The Labute approximate surface area is 180 Å². The van der Waals surface area contributed by atoms with E-state index in [-0.39, 0.29) is 11.8 Å². The van der Waals surface area contributed by atoms with Gasteiger partial charge in [0.2, 0.25) is 0 Å². The number of benzene rings is 1. The first-order chi connectivity index (χ1) is 14.5. The lowest BCUT2D eigenvalue weighted by molar-refractivity contribution is -0.149. The van der Waals surface area contributed by atoms with Gasteiger partial charge in [-0.05, 0) is 44.1 Å². The summed E-state index contributed by atoms with van der Waals surface area (Å²) in [6.07, 6.45) is 7.46. The van der Waals surface area contributed by atoms with Gasteiger partial charge in [0, 0.05) is 31.6 Å². The largest absolute Gasteiger partial charge is 0.375 e. The minimum absolute atomic E-state index is 0.0161. The molecule has 1 aromatic rings. The van der Waals surface area contributed by atoms with Gasteiger partial charge in [-0.15, -0.1) is 0 Å². The summed E-state index contributed by atoms with van der Waals surface area (Å²) in [6, 6.07) is 9.99. The average Bonchev–Trinajstić information content (AvgIpc) is 3.22. The lowest BCUT2D eigenvalue weighted by atomic mass is 9.73. The van der Waals surface area contributed by atoms with Crippen molar-refractivity contribution in [3.05, 3.63) is 47.5 Å². The summed E-state index contributed by atoms with van der Waals surface area (Å²) in [6.45, 7) is 8.03. The van der Waals surface area contributed by atoms with Crippen molar-refractivity contribution < 1.29 is 9.90 Å². The van der Waals surface area contributed by atoms with Crippen molar-refractivity contribution in [3.8, 4) is 0 Å². The molecule has 0 bridgehead atoms. The van der Waals surface area contributed by atoms with E-state index >= 15 is 0 Å². The van der Waals surface area contributed by atoms with Gasteiger partial charge in [0.25, 0.3) is 5.91 Å². The number of nitrogens with one attached hydrogen (secondary N) is 2. The molecule has 1 aliphatic heterocycles. The molecular formula is C25H37N3O2. The van der Waals surface area contributed by atoms with E-state index in [9.17, 15) is 9.90 Å². The number of rotatable bonds is 8. The molecule has 2 aliphatic carbocycles. The lowest BCUT2D eigenvalue weighted by Crippen LogP contribution is -2.52. The van der Waals surface area contributed by atoms with E-state index < -0.39 is 5.60 Å². The number of nitrogens with zero attached hydrogens (tertiary/aromatic N) is 1. The average molecular weight is 412 g/mol. The number of fused-ring (bicyclic) bond motifs is 1. The molecule has 0 spiro atoms. The Hall–Kier alpha value is -1.69. The molecule has 3 N–H and O–H groups in total. The predicted octanol–water partition coefficient (Wildman–Crippen LogP) is 3.01. The minimum Gasteiger partial charge on any atom is -0.375 e. The van der Waals surface area contributed by atoms with E-state index in [0.717, 1.165) is 45.3 Å². The van der Waals surface area contributed by atoms with Gasteiger partial charge < -0.3 is 10.4 Å². The van der Waals surface area contributed by atoms with Crippen LogP contribution in [0.3, 0.4) is 0 Å². The molecule has 0 aromatic heterocycles. The maximum absolute atomic E-state index is 13.2. The fraction of sp³-hybridized carbons (Fsp3) is 0.640. The Morgan fingerprint density at radius 1 is 1.13 bits per heavy atom. The summed E-state index contributed by atoms with van der Waals surface area (Å²) in [5.41, 5.74) is 0.647. The number of carbonyl (C=O) groups excluding carboxylic acids is 1. The number of piperidine rings is 1. The van der Waals surface area contributed by atoms with E-state index in [1.807, 2.05) is 30.3 Å². The molecule has 3 fully saturated rings. The molecule has 1 aromatic carbocycles. The monoisotopic (exact) mass is 411 g/mol. The maximum Gasteiger partial charge on any atom is 0.257 e. The Morgan fingerprint density at radius 3 is 2.43 bits per heavy atom. The molecule has 2 unspecified atom stereocenters. The Balaban J connectivity index is 1.30. The second-order valence-electron chi connectivity index (χ2n) is 9.71. The summed E-state index contributed by atoms with van der Waals surface area (Å²) in [5.74, 6) is 1.11. The highest BCUT2D eigenvalue weighted by molar-refractivity contribution is 5.86. The minimum atomic E-state index is -1.44. The Bertz CT molecular complexity index is 743. The Morgan fingerprint density at radius 2 is 1.80 bits per heavy atom. The zero-order valence-corrected chi connectivity index (χ0v) is 18.4. The van der Waals surface area contributed by atoms with Crippen LogP contribution in [0.4, 0.5) is 0 Å². The Kier molecular flexibility index (Phi) is 6.61. The van der Waals surface area contributed by atoms with Gasteiger partial charge in [0.05, 0.1) is 6.67 Å². The first-order valence-electron chi connectivity index (χ1n) is 11.7. The van der Waals surface area contributed by atoms with Crippen LogP contribution in [0.5, 0.6) is 0 Å². The van der Waals surface area contributed by atoms with E-state index in [4.69, 9.17) is 0 Å². The van der Waals surface area contributed by atoms with E-state index in [0.29, 0.717) is 30.1 Å². The number of amides is 1. The maximum atomic E-state index is 13.2. The van der Waals surface area contributed by atoms with Crippen molar-refractivity contribution in [1.82, 2.24) is 15.5 Å². The molecule has 164 valence electrons. The van der Waals surface area contributed by atoms with Crippen LogP contribution in [0.25, 0.3) is 0 Å². The number of aliphatic hydroxyl groups is 1. The molecule has 3 aliphatic rings. The highest BCUT2D eigenvalue weighted by atomic mass is 16.3. The number of hydrogen-bond donors (Lipinski definition) is 3. The number of likely N-dealkylation sites (tertiary alicyclic amines) is 1. The van der Waals surface area contributed by atoms with Crippen molar-refractivity contribution in [3.63, 3.8) is 0 Å². The van der Waals surface area contributed by atoms with Crippen LogP contribution in [-0.4, -0.2) is 48.3 Å². The van der Waals surface area contributed by atoms with Gasteiger partial charge in [-0.1, -0.05) is 61.2 Å². The molecule has 1 amide bonds. The molecule has 1 heterocycles. The van der Waals surface area contributed by atoms with Gasteiger partial charge in [-0.25, -0.2) is 0 Å². The smallest absolute Gasteiger partial charge is 0.257 e. The topological polar surface area (TPSA) is 64.6 Å². The van der Waals surface area contributed by atoms with Crippen LogP contribution in [0, 0.1) is 17.8 Å². The third-order valence-corrected chi connectivity index (χ3v) is 7.37. The summed E-state index contributed by atoms with van der Waals surface area (Å²) in [4.78, 5) is 15.7. The molecule has 2 saturated carbocycles. The number of hydrogen-bond acceptors (Lipinski definition) is 4. The summed E-state index contributed by atoms with van der Waals surface area (Å²) in [7, 11) is 0.